The lowest BCUT2D eigenvalue weighted by Crippen LogP contribution is -2.11. The zero-order chi connectivity index (χ0) is 12.3. The standard InChI is InChI=1S/C13H12ClFN2/c1-17(12-4-2-11(15)3-5-12)13-6-7-16-9-10(13)8-14/h2-7,9H,8H2,1H3. The maximum absolute atomic E-state index is 12.8. The van der Waals surface area contributed by atoms with E-state index in [4.69, 9.17) is 11.6 Å². The van der Waals surface area contributed by atoms with E-state index in [9.17, 15) is 4.39 Å². The lowest BCUT2D eigenvalue weighted by Gasteiger charge is -2.21. The number of nitrogens with zero attached hydrogens (tertiary/aromatic N) is 2. The molecular formula is C13H12ClFN2. The first kappa shape index (κ1) is 11.9. The Hall–Kier alpha value is -1.61. The Morgan fingerprint density at radius 1 is 1.24 bits per heavy atom. The molecule has 0 atom stereocenters. The zero-order valence-corrected chi connectivity index (χ0v) is 10.2. The van der Waals surface area contributed by atoms with Crippen molar-refractivity contribution in [1.82, 2.24) is 4.98 Å². The second kappa shape index (κ2) is 5.15. The van der Waals surface area contributed by atoms with E-state index in [1.165, 1.54) is 12.1 Å². The van der Waals surface area contributed by atoms with Crippen LogP contribution in [0.5, 0.6) is 0 Å². The number of alkyl halides is 1. The van der Waals surface area contributed by atoms with Crippen molar-refractivity contribution in [3.8, 4) is 0 Å². The van der Waals surface area contributed by atoms with Gasteiger partial charge in [-0.05, 0) is 30.3 Å². The van der Waals surface area contributed by atoms with Crippen LogP contribution in [0, 0.1) is 5.82 Å². The number of halogens is 2. The van der Waals surface area contributed by atoms with Gasteiger partial charge >= 0.3 is 0 Å². The Bertz CT molecular complexity index is 499. The van der Waals surface area contributed by atoms with Crippen LogP contribution in [-0.4, -0.2) is 12.0 Å². The molecule has 1 aromatic heterocycles. The fraction of sp³-hybridized carbons (Fsp3) is 0.154. The molecular weight excluding hydrogens is 239 g/mol. The third-order valence-electron chi connectivity index (χ3n) is 2.60. The second-order valence-electron chi connectivity index (χ2n) is 3.67. The molecule has 0 saturated heterocycles. The molecule has 1 aromatic carbocycles. The molecule has 0 aliphatic rings. The highest BCUT2D eigenvalue weighted by Crippen LogP contribution is 2.27. The maximum atomic E-state index is 12.8. The van der Waals surface area contributed by atoms with E-state index in [1.54, 1.807) is 24.5 Å². The molecule has 0 saturated carbocycles. The Labute approximate surface area is 105 Å². The van der Waals surface area contributed by atoms with Crippen molar-refractivity contribution in [2.45, 2.75) is 5.88 Å². The number of aromatic nitrogens is 1. The SMILES string of the molecule is CN(c1ccc(F)cc1)c1ccncc1CCl. The number of rotatable bonds is 3. The summed E-state index contributed by atoms with van der Waals surface area (Å²) >= 11 is 5.86. The van der Waals surface area contributed by atoms with E-state index in [0.717, 1.165) is 16.9 Å². The molecule has 17 heavy (non-hydrogen) atoms. The minimum absolute atomic E-state index is 0.241. The van der Waals surface area contributed by atoms with Gasteiger partial charge < -0.3 is 4.90 Å². The predicted octanol–water partition coefficient (Wildman–Crippen LogP) is 3.73. The van der Waals surface area contributed by atoms with Gasteiger partial charge in [0.1, 0.15) is 5.82 Å². The maximum Gasteiger partial charge on any atom is 0.123 e. The topological polar surface area (TPSA) is 16.1 Å². The molecule has 0 amide bonds. The van der Waals surface area contributed by atoms with Crippen molar-refractivity contribution in [2.75, 3.05) is 11.9 Å². The molecule has 0 fully saturated rings. The molecule has 1 heterocycles. The molecule has 0 unspecified atom stereocenters. The minimum atomic E-state index is -0.241. The molecule has 4 heteroatoms. The quantitative estimate of drug-likeness (QED) is 0.772. The lowest BCUT2D eigenvalue weighted by molar-refractivity contribution is 0.628. The summed E-state index contributed by atoms with van der Waals surface area (Å²) in [7, 11) is 1.92. The Morgan fingerprint density at radius 3 is 2.59 bits per heavy atom. The lowest BCUT2D eigenvalue weighted by atomic mass is 10.2. The monoisotopic (exact) mass is 250 g/mol. The number of anilines is 2. The molecule has 0 spiro atoms. The van der Waals surface area contributed by atoms with Crippen LogP contribution < -0.4 is 4.90 Å². The summed E-state index contributed by atoms with van der Waals surface area (Å²) in [5.74, 6) is 0.156. The van der Waals surface area contributed by atoms with Crippen LogP contribution in [-0.2, 0) is 5.88 Å². The van der Waals surface area contributed by atoms with Gasteiger partial charge in [0, 0.05) is 36.4 Å². The third-order valence-corrected chi connectivity index (χ3v) is 2.89. The van der Waals surface area contributed by atoms with Crippen molar-refractivity contribution >= 4 is 23.0 Å². The van der Waals surface area contributed by atoms with Crippen molar-refractivity contribution in [2.24, 2.45) is 0 Å². The number of hydrogen-bond donors (Lipinski definition) is 0. The summed E-state index contributed by atoms with van der Waals surface area (Å²) in [6, 6.07) is 8.23. The molecule has 2 rings (SSSR count). The fourth-order valence-corrected chi connectivity index (χ4v) is 1.86. The zero-order valence-electron chi connectivity index (χ0n) is 9.40. The highest BCUT2D eigenvalue weighted by molar-refractivity contribution is 6.17. The molecule has 0 aliphatic carbocycles. The first-order chi connectivity index (χ1) is 8.22. The van der Waals surface area contributed by atoms with Crippen LogP contribution in [0.2, 0.25) is 0 Å². The van der Waals surface area contributed by atoms with E-state index in [1.807, 2.05) is 18.0 Å². The van der Waals surface area contributed by atoms with E-state index in [0.29, 0.717) is 5.88 Å². The van der Waals surface area contributed by atoms with Gasteiger partial charge in [-0.1, -0.05) is 0 Å². The van der Waals surface area contributed by atoms with Gasteiger partial charge in [-0.3, -0.25) is 4.98 Å². The Kier molecular flexibility index (Phi) is 3.59. The number of pyridine rings is 1. The van der Waals surface area contributed by atoms with E-state index in [2.05, 4.69) is 4.98 Å². The summed E-state index contributed by atoms with van der Waals surface area (Å²) in [5, 5.41) is 0. The predicted molar refractivity (Wildman–Crippen MR) is 68.3 cm³/mol. The van der Waals surface area contributed by atoms with Crippen LogP contribution in [0.1, 0.15) is 5.56 Å². The summed E-state index contributed by atoms with van der Waals surface area (Å²) in [5.41, 5.74) is 2.83. The Morgan fingerprint density at radius 2 is 1.94 bits per heavy atom. The van der Waals surface area contributed by atoms with Crippen molar-refractivity contribution in [1.29, 1.82) is 0 Å². The average molecular weight is 251 g/mol. The second-order valence-corrected chi connectivity index (χ2v) is 3.94. The van der Waals surface area contributed by atoms with Crippen LogP contribution in [0.25, 0.3) is 0 Å². The van der Waals surface area contributed by atoms with Gasteiger partial charge in [-0.25, -0.2) is 4.39 Å². The van der Waals surface area contributed by atoms with Crippen LogP contribution in [0.15, 0.2) is 42.7 Å². The molecule has 2 aromatic rings. The fourth-order valence-electron chi connectivity index (χ4n) is 1.65. The number of hydrogen-bond acceptors (Lipinski definition) is 2. The first-order valence-electron chi connectivity index (χ1n) is 5.20. The smallest absolute Gasteiger partial charge is 0.123 e. The normalized spacial score (nSPS) is 10.3. The van der Waals surface area contributed by atoms with Gasteiger partial charge in [-0.15, -0.1) is 11.6 Å². The van der Waals surface area contributed by atoms with Crippen molar-refractivity contribution in [3.63, 3.8) is 0 Å². The number of benzene rings is 1. The summed E-state index contributed by atoms with van der Waals surface area (Å²) < 4.78 is 12.8. The van der Waals surface area contributed by atoms with Crippen molar-refractivity contribution in [3.05, 3.63) is 54.1 Å². The first-order valence-corrected chi connectivity index (χ1v) is 5.74. The average Bonchev–Trinajstić information content (AvgIpc) is 2.39. The van der Waals surface area contributed by atoms with E-state index in [-0.39, 0.29) is 5.82 Å². The highest BCUT2D eigenvalue weighted by Gasteiger charge is 2.08. The summed E-state index contributed by atoms with van der Waals surface area (Å²) in [6.45, 7) is 0. The van der Waals surface area contributed by atoms with Crippen LogP contribution in [0.4, 0.5) is 15.8 Å². The van der Waals surface area contributed by atoms with E-state index < -0.39 is 0 Å². The molecule has 0 aliphatic heterocycles. The van der Waals surface area contributed by atoms with Gasteiger partial charge in [0.2, 0.25) is 0 Å². The molecule has 0 bridgehead atoms. The highest BCUT2D eigenvalue weighted by atomic mass is 35.5. The van der Waals surface area contributed by atoms with Gasteiger partial charge in [0.15, 0.2) is 0 Å². The van der Waals surface area contributed by atoms with Gasteiger partial charge in [0.05, 0.1) is 5.88 Å². The third kappa shape index (κ3) is 2.56. The minimum Gasteiger partial charge on any atom is -0.344 e. The van der Waals surface area contributed by atoms with Crippen molar-refractivity contribution < 1.29 is 4.39 Å². The molecule has 0 radical (unpaired) electrons. The largest absolute Gasteiger partial charge is 0.344 e. The Balaban J connectivity index is 2.36. The summed E-state index contributed by atoms with van der Waals surface area (Å²) in [6.07, 6.45) is 3.45. The summed E-state index contributed by atoms with van der Waals surface area (Å²) in [4.78, 5) is 5.99. The molecule has 88 valence electrons. The van der Waals surface area contributed by atoms with Crippen LogP contribution in [0.3, 0.4) is 0 Å². The molecule has 2 nitrogen and oxygen atoms in total. The van der Waals surface area contributed by atoms with Gasteiger partial charge in [0.25, 0.3) is 0 Å². The van der Waals surface area contributed by atoms with Gasteiger partial charge in [-0.2, -0.15) is 0 Å². The van der Waals surface area contributed by atoms with E-state index >= 15 is 0 Å². The van der Waals surface area contributed by atoms with Crippen LogP contribution >= 0.6 is 11.6 Å². The molecule has 0 N–H and O–H groups in total.